The van der Waals surface area contributed by atoms with Crippen LogP contribution in [0.5, 0.6) is 0 Å². The van der Waals surface area contributed by atoms with Gasteiger partial charge in [-0.25, -0.2) is 13.8 Å². The van der Waals surface area contributed by atoms with Crippen molar-refractivity contribution in [1.82, 2.24) is 19.7 Å². The fraction of sp³-hybridized carbons (Fsp3) is 0.0455. The van der Waals surface area contributed by atoms with E-state index in [9.17, 15) is 13.6 Å². The van der Waals surface area contributed by atoms with Gasteiger partial charge in [0, 0.05) is 41.3 Å². The van der Waals surface area contributed by atoms with Crippen molar-refractivity contribution in [3.63, 3.8) is 0 Å². The lowest BCUT2D eigenvalue weighted by molar-refractivity contribution is 0.103. The van der Waals surface area contributed by atoms with Gasteiger partial charge in [-0.3, -0.25) is 9.48 Å². The molecule has 3 aromatic heterocycles. The van der Waals surface area contributed by atoms with Gasteiger partial charge < -0.3 is 16.5 Å². The summed E-state index contributed by atoms with van der Waals surface area (Å²) >= 11 is 0. The van der Waals surface area contributed by atoms with Gasteiger partial charge in [0.1, 0.15) is 11.5 Å². The highest BCUT2D eigenvalue weighted by Gasteiger charge is 2.24. The molecule has 5 N–H and O–H groups in total. The van der Waals surface area contributed by atoms with Gasteiger partial charge in [-0.05, 0) is 35.9 Å². The highest BCUT2D eigenvalue weighted by Crippen LogP contribution is 2.31. The van der Waals surface area contributed by atoms with Crippen LogP contribution in [0.1, 0.15) is 15.9 Å². The monoisotopic (exact) mass is 418 g/mol. The number of pyridine rings is 1. The number of fused-ring (bicyclic) bond motifs is 2. The standard InChI is InChI=1S/C22H16F2N6O/c1-30-17-7-10(2-3-12(17)21(26)29-30)11-6-13-14(9-28-22(13)27-8-11)20(31)18-15(23)4-5-16(25)19(18)24/h2-9H,25H2,1H3,(H2,26,29)(H,27,28). The number of anilines is 2. The van der Waals surface area contributed by atoms with Crippen LogP contribution in [0.25, 0.3) is 33.1 Å². The number of rotatable bonds is 3. The van der Waals surface area contributed by atoms with Gasteiger partial charge in [-0.1, -0.05) is 6.07 Å². The summed E-state index contributed by atoms with van der Waals surface area (Å²) in [4.78, 5) is 20.2. The molecule has 0 atom stereocenters. The Morgan fingerprint density at radius 3 is 2.68 bits per heavy atom. The number of hydrogen-bond acceptors (Lipinski definition) is 5. The van der Waals surface area contributed by atoms with Crippen molar-refractivity contribution in [3.05, 3.63) is 71.6 Å². The maximum Gasteiger partial charge on any atom is 0.201 e. The number of nitrogens with one attached hydrogen (secondary N) is 1. The van der Waals surface area contributed by atoms with Gasteiger partial charge in [0.15, 0.2) is 11.6 Å². The Kier molecular flexibility index (Phi) is 4.01. The second-order valence-electron chi connectivity index (χ2n) is 7.22. The zero-order valence-electron chi connectivity index (χ0n) is 16.3. The maximum atomic E-state index is 14.4. The smallest absolute Gasteiger partial charge is 0.201 e. The van der Waals surface area contributed by atoms with Crippen LogP contribution in [0, 0.1) is 11.6 Å². The molecule has 0 fully saturated rings. The van der Waals surface area contributed by atoms with Crippen LogP contribution in [0.4, 0.5) is 20.3 Å². The molecule has 0 saturated heterocycles. The van der Waals surface area contributed by atoms with Crippen molar-refractivity contribution in [3.8, 4) is 11.1 Å². The molecule has 0 aliphatic rings. The van der Waals surface area contributed by atoms with E-state index in [1.807, 2.05) is 18.2 Å². The topological polar surface area (TPSA) is 116 Å². The van der Waals surface area contributed by atoms with E-state index in [4.69, 9.17) is 11.5 Å². The van der Waals surface area contributed by atoms with Gasteiger partial charge in [0.2, 0.25) is 5.78 Å². The minimum Gasteiger partial charge on any atom is -0.396 e. The van der Waals surface area contributed by atoms with Crippen molar-refractivity contribution in [1.29, 1.82) is 0 Å². The third kappa shape index (κ3) is 2.82. The Morgan fingerprint density at radius 2 is 1.87 bits per heavy atom. The molecule has 0 unspecified atom stereocenters. The predicted molar refractivity (Wildman–Crippen MR) is 114 cm³/mol. The first kappa shape index (κ1) is 18.7. The molecule has 5 aromatic rings. The molecule has 9 heteroatoms. The highest BCUT2D eigenvalue weighted by atomic mass is 19.1. The third-order valence-corrected chi connectivity index (χ3v) is 5.34. The van der Waals surface area contributed by atoms with E-state index >= 15 is 0 Å². The van der Waals surface area contributed by atoms with Gasteiger partial charge in [0.25, 0.3) is 0 Å². The second-order valence-corrected chi connectivity index (χ2v) is 7.22. The van der Waals surface area contributed by atoms with E-state index < -0.39 is 23.0 Å². The molecule has 5 rings (SSSR count). The van der Waals surface area contributed by atoms with Gasteiger partial charge in [-0.2, -0.15) is 5.10 Å². The number of ketones is 1. The molecule has 0 amide bonds. The van der Waals surface area contributed by atoms with Crippen molar-refractivity contribution < 1.29 is 13.6 Å². The summed E-state index contributed by atoms with van der Waals surface area (Å²) in [7, 11) is 1.79. The molecular weight excluding hydrogens is 402 g/mol. The largest absolute Gasteiger partial charge is 0.396 e. The fourth-order valence-electron chi connectivity index (χ4n) is 3.73. The number of carbonyl (C=O) groups excluding carboxylic acids is 1. The van der Waals surface area contributed by atoms with Crippen LogP contribution in [0.2, 0.25) is 0 Å². The van der Waals surface area contributed by atoms with Crippen molar-refractivity contribution in [2.45, 2.75) is 0 Å². The summed E-state index contributed by atoms with van der Waals surface area (Å²) in [6.45, 7) is 0. The summed E-state index contributed by atoms with van der Waals surface area (Å²) < 4.78 is 30.3. The molecular formula is C22H16F2N6O. The first-order valence-corrected chi connectivity index (χ1v) is 9.33. The second kappa shape index (κ2) is 6.63. The minimum absolute atomic E-state index is 0.0959. The van der Waals surface area contributed by atoms with Crippen LogP contribution in [0.3, 0.4) is 0 Å². The van der Waals surface area contributed by atoms with E-state index in [2.05, 4.69) is 15.1 Å². The number of aromatic amines is 1. The maximum absolute atomic E-state index is 14.4. The van der Waals surface area contributed by atoms with Crippen LogP contribution >= 0.6 is 0 Å². The zero-order valence-corrected chi connectivity index (χ0v) is 16.3. The molecule has 31 heavy (non-hydrogen) atoms. The molecule has 0 aliphatic carbocycles. The lowest BCUT2D eigenvalue weighted by atomic mass is 9.99. The molecule has 0 spiro atoms. The number of aryl methyl sites for hydroxylation is 1. The van der Waals surface area contributed by atoms with Crippen LogP contribution in [0.15, 0.2) is 48.8 Å². The molecule has 154 valence electrons. The number of H-pyrrole nitrogens is 1. The fourth-order valence-corrected chi connectivity index (χ4v) is 3.73. The summed E-state index contributed by atoms with van der Waals surface area (Å²) in [5, 5.41) is 5.47. The van der Waals surface area contributed by atoms with E-state index in [1.165, 1.54) is 6.20 Å². The van der Waals surface area contributed by atoms with Crippen LogP contribution < -0.4 is 11.5 Å². The van der Waals surface area contributed by atoms with Crippen LogP contribution in [-0.2, 0) is 7.05 Å². The number of halogens is 2. The average Bonchev–Trinajstić information content (AvgIpc) is 3.31. The van der Waals surface area contributed by atoms with E-state index in [-0.39, 0.29) is 11.3 Å². The normalized spacial score (nSPS) is 11.5. The van der Waals surface area contributed by atoms with Crippen LogP contribution in [-0.4, -0.2) is 25.5 Å². The Balaban J connectivity index is 1.65. The average molecular weight is 418 g/mol. The first-order chi connectivity index (χ1) is 14.8. The number of benzene rings is 2. The lowest BCUT2D eigenvalue weighted by Gasteiger charge is -2.07. The van der Waals surface area contributed by atoms with Crippen molar-refractivity contribution in [2.24, 2.45) is 7.05 Å². The number of nitrogens with two attached hydrogens (primary N) is 2. The van der Waals surface area contributed by atoms with Gasteiger partial charge in [0.05, 0.1) is 16.8 Å². The molecule has 7 nitrogen and oxygen atoms in total. The van der Waals surface area contributed by atoms with Gasteiger partial charge >= 0.3 is 0 Å². The lowest BCUT2D eigenvalue weighted by Crippen LogP contribution is -2.09. The number of aromatic nitrogens is 4. The Labute approximate surface area is 174 Å². The molecule has 0 saturated carbocycles. The summed E-state index contributed by atoms with van der Waals surface area (Å²) in [6.07, 6.45) is 3.03. The Morgan fingerprint density at radius 1 is 1.06 bits per heavy atom. The molecule has 3 heterocycles. The van der Waals surface area contributed by atoms with Crippen molar-refractivity contribution >= 4 is 39.2 Å². The quantitative estimate of drug-likeness (QED) is 0.305. The highest BCUT2D eigenvalue weighted by molar-refractivity contribution is 6.16. The van der Waals surface area contributed by atoms with Crippen molar-refractivity contribution in [2.75, 3.05) is 11.5 Å². The first-order valence-electron chi connectivity index (χ1n) is 9.33. The summed E-state index contributed by atoms with van der Waals surface area (Å²) in [6, 6.07) is 9.44. The van der Waals surface area contributed by atoms with E-state index in [1.54, 1.807) is 24.0 Å². The third-order valence-electron chi connectivity index (χ3n) is 5.34. The number of carbonyl (C=O) groups is 1. The predicted octanol–water partition coefficient (Wildman–Crippen LogP) is 3.79. The molecule has 0 aliphatic heterocycles. The van der Waals surface area contributed by atoms with E-state index in [0.717, 1.165) is 34.2 Å². The minimum atomic E-state index is -1.08. The number of nitrogen functional groups attached to an aromatic ring is 2. The zero-order chi connectivity index (χ0) is 21.9. The SMILES string of the molecule is Cn1nc(N)c2ccc(-c3cnc4[nH]cc(C(=O)c5c(F)ccc(N)c5F)c4c3)cc21. The van der Waals surface area contributed by atoms with E-state index in [0.29, 0.717) is 16.9 Å². The Hall–Kier alpha value is -4.27. The van der Waals surface area contributed by atoms with Gasteiger partial charge in [-0.15, -0.1) is 0 Å². The molecule has 0 radical (unpaired) electrons. The summed E-state index contributed by atoms with van der Waals surface area (Å²) in [5.74, 6) is -2.44. The number of nitrogens with zero attached hydrogens (tertiary/aromatic N) is 3. The molecule has 0 bridgehead atoms. The Bertz CT molecular complexity index is 1520. The summed E-state index contributed by atoms with van der Waals surface area (Å²) in [5.41, 5.74) is 13.3. The number of hydrogen-bond donors (Lipinski definition) is 3. The molecule has 2 aromatic carbocycles.